The number of fused-ring (bicyclic) bond motifs is 1. The van der Waals surface area contributed by atoms with Crippen molar-refractivity contribution in [2.24, 2.45) is 0 Å². The quantitative estimate of drug-likeness (QED) is 0.307. The van der Waals surface area contributed by atoms with Crippen molar-refractivity contribution in [2.75, 3.05) is 24.6 Å². The van der Waals surface area contributed by atoms with Crippen LogP contribution in [-0.2, 0) is 17.6 Å². The van der Waals surface area contributed by atoms with Crippen LogP contribution in [0.15, 0.2) is 61.1 Å². The summed E-state index contributed by atoms with van der Waals surface area (Å²) >= 11 is 0. The van der Waals surface area contributed by atoms with Gasteiger partial charge in [0.05, 0.1) is 18.5 Å². The molecule has 0 unspecified atom stereocenters. The van der Waals surface area contributed by atoms with Crippen molar-refractivity contribution < 1.29 is 14.6 Å². The summed E-state index contributed by atoms with van der Waals surface area (Å²) in [4.78, 5) is 28.3. The molecule has 3 aromatic carbocycles. The van der Waals surface area contributed by atoms with Gasteiger partial charge in [0.1, 0.15) is 5.75 Å². The number of aromatic nitrogens is 3. The molecule has 39 heavy (non-hydrogen) atoms. The number of carboxylic acid groups (broad SMARTS) is 1. The predicted molar refractivity (Wildman–Crippen MR) is 152 cm³/mol. The number of aliphatic carboxylic acids is 1. The van der Waals surface area contributed by atoms with E-state index in [2.05, 4.69) is 39.1 Å². The topological polar surface area (TPSA) is 88.4 Å². The van der Waals surface area contributed by atoms with Crippen LogP contribution in [0.3, 0.4) is 0 Å². The van der Waals surface area contributed by atoms with Crippen molar-refractivity contribution >= 4 is 33.6 Å². The zero-order valence-corrected chi connectivity index (χ0v) is 21.8. The van der Waals surface area contributed by atoms with E-state index >= 15 is 0 Å². The third-order valence-electron chi connectivity index (χ3n) is 8.00. The first kappa shape index (κ1) is 23.6. The van der Waals surface area contributed by atoms with Crippen LogP contribution >= 0.6 is 0 Å². The summed E-state index contributed by atoms with van der Waals surface area (Å²) in [5.74, 6) is 0.761. The minimum absolute atomic E-state index is 0.0654. The van der Waals surface area contributed by atoms with E-state index in [1.807, 2.05) is 43.7 Å². The Bertz CT molecular complexity index is 1750. The van der Waals surface area contributed by atoms with Crippen LogP contribution in [0.25, 0.3) is 43.9 Å². The lowest BCUT2D eigenvalue weighted by molar-refractivity contribution is -0.136. The van der Waals surface area contributed by atoms with Gasteiger partial charge in [-0.1, -0.05) is 18.2 Å². The van der Waals surface area contributed by atoms with Crippen molar-refractivity contribution in [3.63, 3.8) is 0 Å². The van der Waals surface area contributed by atoms with Crippen LogP contribution in [0.1, 0.15) is 29.5 Å². The van der Waals surface area contributed by atoms with Gasteiger partial charge in [0.25, 0.3) is 0 Å². The fourth-order valence-electron chi connectivity index (χ4n) is 6.11. The number of anilines is 1. The van der Waals surface area contributed by atoms with E-state index in [1.54, 1.807) is 0 Å². The molecule has 7 rings (SSSR count). The van der Waals surface area contributed by atoms with Gasteiger partial charge in [0.15, 0.2) is 0 Å². The minimum Gasteiger partial charge on any atom is -0.493 e. The standard InChI is InChI=1S/C32H28N4O3/c1-19-14-22-15-21(23-17-34-32(35-18-23)36-11-2-3-12-36)4-5-24(22)30(26(19)16-28(37)38)25-6-7-27-29-20(9-13-39-27)8-10-33-31(25)29/h4-8,10,14-15,17-18H,2-3,9,11-13,16H2,1H3,(H,37,38). The first-order valence-electron chi connectivity index (χ1n) is 13.5. The molecule has 0 aliphatic carbocycles. The maximum atomic E-state index is 12.0. The van der Waals surface area contributed by atoms with Gasteiger partial charge < -0.3 is 14.7 Å². The number of carbonyl (C=O) groups is 1. The van der Waals surface area contributed by atoms with Gasteiger partial charge in [-0.25, -0.2) is 9.97 Å². The highest BCUT2D eigenvalue weighted by Gasteiger charge is 2.22. The Morgan fingerprint density at radius 1 is 1.00 bits per heavy atom. The number of pyridine rings is 1. The fourth-order valence-corrected chi connectivity index (χ4v) is 6.11. The molecule has 0 radical (unpaired) electrons. The Balaban J connectivity index is 1.41. The summed E-state index contributed by atoms with van der Waals surface area (Å²) in [7, 11) is 0. The summed E-state index contributed by atoms with van der Waals surface area (Å²) in [6.45, 7) is 4.65. The maximum Gasteiger partial charge on any atom is 0.307 e. The number of carboxylic acids is 1. The summed E-state index contributed by atoms with van der Waals surface area (Å²) in [6.07, 6.45) is 8.76. The SMILES string of the molecule is Cc1cc2cc(-c3cnc(N4CCCC4)nc3)ccc2c(-c2ccc3c4c(ccnc24)CCO3)c1CC(=O)O. The van der Waals surface area contributed by atoms with E-state index in [0.29, 0.717) is 6.61 Å². The van der Waals surface area contributed by atoms with E-state index in [0.717, 1.165) is 86.3 Å². The van der Waals surface area contributed by atoms with Gasteiger partial charge in [-0.15, -0.1) is 0 Å². The lowest BCUT2D eigenvalue weighted by atomic mass is 9.86. The van der Waals surface area contributed by atoms with Crippen molar-refractivity contribution in [3.05, 3.63) is 77.7 Å². The minimum atomic E-state index is -0.857. The molecule has 2 aliphatic heterocycles. The van der Waals surface area contributed by atoms with Crippen LogP contribution < -0.4 is 9.64 Å². The molecule has 0 amide bonds. The molecule has 4 heterocycles. The molecule has 5 aromatic rings. The van der Waals surface area contributed by atoms with Crippen molar-refractivity contribution in [1.29, 1.82) is 0 Å². The summed E-state index contributed by atoms with van der Waals surface area (Å²) in [5, 5.41) is 12.9. The summed E-state index contributed by atoms with van der Waals surface area (Å²) in [5.41, 5.74) is 7.62. The largest absolute Gasteiger partial charge is 0.493 e. The maximum absolute atomic E-state index is 12.0. The van der Waals surface area contributed by atoms with Crippen LogP contribution in [-0.4, -0.2) is 45.7 Å². The lowest BCUT2D eigenvalue weighted by Crippen LogP contribution is -2.20. The molecule has 0 atom stereocenters. The first-order valence-corrected chi connectivity index (χ1v) is 13.5. The number of hydrogen-bond acceptors (Lipinski definition) is 6. The van der Waals surface area contributed by atoms with E-state index in [1.165, 1.54) is 18.4 Å². The van der Waals surface area contributed by atoms with E-state index < -0.39 is 5.97 Å². The Morgan fingerprint density at radius 2 is 1.82 bits per heavy atom. The molecule has 2 aromatic heterocycles. The van der Waals surface area contributed by atoms with Gasteiger partial charge in [-0.3, -0.25) is 9.78 Å². The van der Waals surface area contributed by atoms with Gasteiger partial charge in [0, 0.05) is 54.6 Å². The molecule has 194 valence electrons. The lowest BCUT2D eigenvalue weighted by Gasteiger charge is -2.22. The summed E-state index contributed by atoms with van der Waals surface area (Å²) < 4.78 is 5.95. The van der Waals surface area contributed by atoms with Crippen molar-refractivity contribution in [1.82, 2.24) is 15.0 Å². The summed E-state index contributed by atoms with van der Waals surface area (Å²) in [6, 6.07) is 14.5. The van der Waals surface area contributed by atoms with E-state index in [-0.39, 0.29) is 6.42 Å². The average molecular weight is 517 g/mol. The molecular weight excluding hydrogens is 488 g/mol. The molecule has 7 nitrogen and oxygen atoms in total. The Hall–Kier alpha value is -4.52. The van der Waals surface area contributed by atoms with Crippen LogP contribution in [0.4, 0.5) is 5.95 Å². The van der Waals surface area contributed by atoms with Gasteiger partial charge in [0.2, 0.25) is 5.95 Å². The average Bonchev–Trinajstić information content (AvgIpc) is 3.49. The number of hydrogen-bond donors (Lipinski definition) is 1. The van der Waals surface area contributed by atoms with Gasteiger partial charge in [-0.05, 0) is 82.6 Å². The highest BCUT2D eigenvalue weighted by atomic mass is 16.5. The third kappa shape index (κ3) is 4.05. The number of benzene rings is 3. The number of ether oxygens (including phenoxy) is 1. The van der Waals surface area contributed by atoms with Crippen LogP contribution in [0.5, 0.6) is 5.75 Å². The van der Waals surface area contributed by atoms with Crippen molar-refractivity contribution in [3.8, 4) is 28.0 Å². The fraction of sp³-hybridized carbons (Fsp3) is 0.250. The molecule has 1 saturated heterocycles. The van der Waals surface area contributed by atoms with Crippen LogP contribution in [0.2, 0.25) is 0 Å². The molecule has 0 spiro atoms. The molecule has 2 aliphatic rings. The Labute approximate surface area is 226 Å². The molecular formula is C32H28N4O3. The second kappa shape index (κ2) is 9.34. The number of rotatable bonds is 5. The van der Waals surface area contributed by atoms with Crippen molar-refractivity contribution in [2.45, 2.75) is 32.6 Å². The monoisotopic (exact) mass is 516 g/mol. The molecule has 0 saturated carbocycles. The molecule has 1 N–H and O–H groups in total. The predicted octanol–water partition coefficient (Wildman–Crippen LogP) is 5.98. The second-order valence-corrected chi connectivity index (χ2v) is 10.4. The van der Waals surface area contributed by atoms with E-state index in [9.17, 15) is 9.90 Å². The normalized spacial score (nSPS) is 14.6. The smallest absolute Gasteiger partial charge is 0.307 e. The third-order valence-corrected chi connectivity index (χ3v) is 8.00. The number of aryl methyl sites for hydroxylation is 1. The molecule has 0 bridgehead atoms. The first-order chi connectivity index (χ1) is 19.1. The molecule has 1 fully saturated rings. The highest BCUT2D eigenvalue weighted by molar-refractivity contribution is 6.09. The molecule has 7 heteroatoms. The Morgan fingerprint density at radius 3 is 2.62 bits per heavy atom. The zero-order chi connectivity index (χ0) is 26.5. The van der Waals surface area contributed by atoms with Gasteiger partial charge >= 0.3 is 5.97 Å². The second-order valence-electron chi connectivity index (χ2n) is 10.4. The highest BCUT2D eigenvalue weighted by Crippen LogP contribution is 2.43. The Kier molecular flexibility index (Phi) is 5.65. The van der Waals surface area contributed by atoms with Crippen LogP contribution in [0, 0.1) is 6.92 Å². The van der Waals surface area contributed by atoms with E-state index in [4.69, 9.17) is 9.72 Å². The zero-order valence-electron chi connectivity index (χ0n) is 21.8. The number of nitrogens with zero attached hydrogens (tertiary/aromatic N) is 4. The van der Waals surface area contributed by atoms with Gasteiger partial charge in [-0.2, -0.15) is 0 Å².